The summed E-state index contributed by atoms with van der Waals surface area (Å²) in [6.45, 7) is 6.09. The third kappa shape index (κ3) is 4.24. The molecule has 0 aliphatic carbocycles. The molecule has 1 aromatic heterocycles. The Hall–Kier alpha value is -1.00. The van der Waals surface area contributed by atoms with Crippen molar-refractivity contribution in [3.05, 3.63) is 41.4 Å². The van der Waals surface area contributed by atoms with Gasteiger partial charge in [-0.15, -0.1) is 11.3 Å². The van der Waals surface area contributed by atoms with Gasteiger partial charge in [-0.3, -0.25) is 0 Å². The molecule has 0 fully saturated rings. The zero-order valence-electron chi connectivity index (χ0n) is 9.73. The van der Waals surface area contributed by atoms with E-state index in [-0.39, 0.29) is 0 Å². The van der Waals surface area contributed by atoms with Gasteiger partial charge in [0.15, 0.2) is 5.13 Å². The van der Waals surface area contributed by atoms with Gasteiger partial charge >= 0.3 is 0 Å². The minimum atomic E-state index is 0.940. The Morgan fingerprint density at radius 2 is 1.88 bits per heavy atom. The lowest BCUT2D eigenvalue weighted by atomic mass is 10.2. The first-order valence-electron chi connectivity index (χ1n) is 5.23. The van der Waals surface area contributed by atoms with E-state index in [1.54, 1.807) is 29.5 Å². The second-order valence-corrected chi connectivity index (χ2v) is 4.63. The molecule has 0 aliphatic rings. The molecular weight excluding hydrogens is 236 g/mol. The summed E-state index contributed by atoms with van der Waals surface area (Å²) < 4.78 is 3.18. The molecule has 0 bridgehead atoms. The van der Waals surface area contributed by atoms with Gasteiger partial charge in [0, 0.05) is 16.5 Å². The van der Waals surface area contributed by atoms with Crippen LogP contribution in [0.25, 0.3) is 0 Å². The molecule has 4 heteroatoms. The Morgan fingerprint density at radius 1 is 1.19 bits per heavy atom. The number of hydrogen-bond donors (Lipinski definition) is 1. The van der Waals surface area contributed by atoms with Crippen LogP contribution in [-0.2, 0) is 0 Å². The van der Waals surface area contributed by atoms with Crippen molar-refractivity contribution in [3.63, 3.8) is 0 Å². The van der Waals surface area contributed by atoms with Crippen molar-refractivity contribution in [2.75, 3.05) is 4.72 Å². The van der Waals surface area contributed by atoms with E-state index in [4.69, 9.17) is 0 Å². The SMILES string of the molecule is CC.Cc1ccc(SNc2nccs2)cc1. The van der Waals surface area contributed by atoms with E-state index in [0.717, 1.165) is 5.13 Å². The minimum absolute atomic E-state index is 0.940. The molecule has 86 valence electrons. The quantitative estimate of drug-likeness (QED) is 0.808. The number of aromatic nitrogens is 1. The van der Waals surface area contributed by atoms with Crippen molar-refractivity contribution < 1.29 is 0 Å². The number of aryl methyl sites for hydroxylation is 1. The first kappa shape index (κ1) is 13.1. The second-order valence-electron chi connectivity index (χ2n) is 2.85. The molecule has 2 nitrogen and oxygen atoms in total. The number of rotatable bonds is 3. The zero-order chi connectivity index (χ0) is 11.8. The van der Waals surface area contributed by atoms with Gasteiger partial charge in [0.05, 0.1) is 0 Å². The number of nitrogens with one attached hydrogen (secondary N) is 1. The van der Waals surface area contributed by atoms with Gasteiger partial charge in [-0.2, -0.15) is 0 Å². The Kier molecular flexibility index (Phi) is 5.96. The average molecular weight is 252 g/mol. The lowest BCUT2D eigenvalue weighted by molar-refractivity contribution is 1.37. The largest absolute Gasteiger partial charge is 0.302 e. The molecule has 0 unspecified atom stereocenters. The number of benzene rings is 1. The smallest absolute Gasteiger partial charge is 0.192 e. The summed E-state index contributed by atoms with van der Waals surface area (Å²) in [6.07, 6.45) is 1.79. The van der Waals surface area contributed by atoms with Crippen molar-refractivity contribution in [3.8, 4) is 0 Å². The highest BCUT2D eigenvalue weighted by Gasteiger charge is 1.95. The number of hydrogen-bond acceptors (Lipinski definition) is 4. The van der Waals surface area contributed by atoms with Crippen molar-refractivity contribution in [2.45, 2.75) is 25.7 Å². The molecular formula is C12H16N2S2. The molecule has 0 aliphatic heterocycles. The van der Waals surface area contributed by atoms with Crippen molar-refractivity contribution in [2.24, 2.45) is 0 Å². The van der Waals surface area contributed by atoms with E-state index >= 15 is 0 Å². The fraction of sp³-hybridized carbons (Fsp3) is 0.250. The third-order valence-electron chi connectivity index (χ3n) is 1.71. The van der Waals surface area contributed by atoms with Crippen molar-refractivity contribution in [1.82, 2.24) is 4.98 Å². The Morgan fingerprint density at radius 3 is 2.44 bits per heavy atom. The minimum Gasteiger partial charge on any atom is -0.302 e. The topological polar surface area (TPSA) is 24.9 Å². The average Bonchev–Trinajstić information content (AvgIpc) is 2.84. The highest BCUT2D eigenvalue weighted by molar-refractivity contribution is 8.00. The van der Waals surface area contributed by atoms with Gasteiger partial charge in [0.25, 0.3) is 0 Å². The van der Waals surface area contributed by atoms with Crippen LogP contribution in [0.5, 0.6) is 0 Å². The number of nitrogens with zero attached hydrogens (tertiary/aromatic N) is 1. The highest BCUT2D eigenvalue weighted by atomic mass is 32.2. The monoisotopic (exact) mass is 252 g/mol. The maximum Gasteiger partial charge on any atom is 0.192 e. The first-order valence-corrected chi connectivity index (χ1v) is 6.93. The van der Waals surface area contributed by atoms with E-state index in [9.17, 15) is 0 Å². The Bertz CT molecular complexity index is 382. The normalized spacial score (nSPS) is 9.19. The van der Waals surface area contributed by atoms with Crippen LogP contribution in [0.15, 0.2) is 40.7 Å². The molecule has 0 radical (unpaired) electrons. The Balaban J connectivity index is 0.000000606. The van der Waals surface area contributed by atoms with E-state index in [0.29, 0.717) is 0 Å². The van der Waals surface area contributed by atoms with E-state index in [1.807, 2.05) is 19.2 Å². The van der Waals surface area contributed by atoms with Gasteiger partial charge in [-0.25, -0.2) is 4.98 Å². The van der Waals surface area contributed by atoms with Crippen LogP contribution in [0, 0.1) is 6.92 Å². The molecule has 1 N–H and O–H groups in total. The summed E-state index contributed by atoms with van der Waals surface area (Å²) in [6, 6.07) is 8.40. The summed E-state index contributed by atoms with van der Waals surface area (Å²) in [5, 5.41) is 2.90. The fourth-order valence-corrected chi connectivity index (χ4v) is 2.20. The van der Waals surface area contributed by atoms with Crippen LogP contribution < -0.4 is 4.72 Å². The summed E-state index contributed by atoms with van der Waals surface area (Å²) in [5.41, 5.74) is 1.28. The molecule has 0 amide bonds. The standard InChI is InChI=1S/C10H10N2S2.C2H6/c1-8-2-4-9(5-3-8)14-12-10-11-6-7-13-10;1-2/h2-7H,1H3,(H,11,12);1-2H3. The zero-order valence-corrected chi connectivity index (χ0v) is 11.4. The molecule has 0 saturated carbocycles. The molecule has 16 heavy (non-hydrogen) atoms. The first-order chi connectivity index (χ1) is 7.84. The van der Waals surface area contributed by atoms with Crippen molar-refractivity contribution >= 4 is 28.4 Å². The van der Waals surface area contributed by atoms with Gasteiger partial charge in [0.1, 0.15) is 0 Å². The number of anilines is 1. The van der Waals surface area contributed by atoms with Crippen LogP contribution in [0.3, 0.4) is 0 Å². The maximum absolute atomic E-state index is 4.14. The third-order valence-corrected chi connectivity index (χ3v) is 3.33. The predicted octanol–water partition coefficient (Wildman–Crippen LogP) is 4.60. The molecule has 0 atom stereocenters. The molecule has 2 rings (SSSR count). The summed E-state index contributed by atoms with van der Waals surface area (Å²) in [4.78, 5) is 5.34. The van der Waals surface area contributed by atoms with Crippen LogP contribution in [0.4, 0.5) is 5.13 Å². The van der Waals surface area contributed by atoms with Crippen LogP contribution >= 0.6 is 23.3 Å². The Labute approximate surface area is 105 Å². The maximum atomic E-state index is 4.14. The predicted molar refractivity (Wildman–Crippen MR) is 74.1 cm³/mol. The van der Waals surface area contributed by atoms with Crippen LogP contribution in [0.2, 0.25) is 0 Å². The highest BCUT2D eigenvalue weighted by Crippen LogP contribution is 2.22. The lowest BCUT2D eigenvalue weighted by Gasteiger charge is -2.01. The van der Waals surface area contributed by atoms with Gasteiger partial charge in [0.2, 0.25) is 0 Å². The summed E-state index contributed by atoms with van der Waals surface area (Å²) in [5.74, 6) is 0. The lowest BCUT2D eigenvalue weighted by Crippen LogP contribution is -1.84. The van der Waals surface area contributed by atoms with Gasteiger partial charge in [-0.1, -0.05) is 31.5 Å². The van der Waals surface area contributed by atoms with E-state index < -0.39 is 0 Å². The van der Waals surface area contributed by atoms with Crippen molar-refractivity contribution in [1.29, 1.82) is 0 Å². The molecule has 1 aromatic carbocycles. The van der Waals surface area contributed by atoms with E-state index in [2.05, 4.69) is 40.9 Å². The number of thiazole rings is 1. The molecule has 0 spiro atoms. The molecule has 2 aromatic rings. The summed E-state index contributed by atoms with van der Waals surface area (Å²) >= 11 is 3.19. The fourth-order valence-electron chi connectivity index (χ4n) is 0.983. The molecule has 0 saturated heterocycles. The summed E-state index contributed by atoms with van der Waals surface area (Å²) in [7, 11) is 0. The van der Waals surface area contributed by atoms with Gasteiger partial charge in [-0.05, 0) is 31.0 Å². The molecule has 1 heterocycles. The van der Waals surface area contributed by atoms with Crippen LogP contribution in [0.1, 0.15) is 19.4 Å². The van der Waals surface area contributed by atoms with Crippen LogP contribution in [-0.4, -0.2) is 4.98 Å². The van der Waals surface area contributed by atoms with E-state index in [1.165, 1.54) is 10.5 Å². The second kappa shape index (κ2) is 7.30. The van der Waals surface area contributed by atoms with Gasteiger partial charge < -0.3 is 4.72 Å².